The minimum absolute atomic E-state index is 0. The standard InChI is InChI=1S/2C18H16NP.4C4H8O.2HI.Sr/c2*19-20(16-10-4-1-5-11-16,17-12-6-2-7-13-17)18-14-8-3-9-15-18;4*1-2-4-5-3-1;;;/h2*1-15,19H;4*1-4H2;2*1H;/q;;;;;;;;+2/p-1. The third-order valence-electron chi connectivity index (χ3n) is 10.2. The summed E-state index contributed by atoms with van der Waals surface area (Å²) < 4.78 is 19.8. The maximum atomic E-state index is 9.25. The van der Waals surface area contributed by atoms with E-state index in [2.05, 4.69) is 109 Å². The molecule has 63 heavy (non-hydrogen) atoms. The molecule has 0 bridgehead atoms. The van der Waals surface area contributed by atoms with Crippen molar-refractivity contribution in [3.05, 3.63) is 182 Å². The second kappa shape index (κ2) is 34.8. The fourth-order valence-corrected chi connectivity index (χ4v) is 12.5. The first kappa shape index (κ1) is 57.7. The molecule has 4 saturated heterocycles. The van der Waals surface area contributed by atoms with Gasteiger partial charge in [0.05, 0.1) is 7.05 Å². The van der Waals surface area contributed by atoms with Crippen molar-refractivity contribution < 1.29 is 72.1 Å². The number of ether oxygens (including phenoxy) is 4. The van der Waals surface area contributed by atoms with Gasteiger partial charge in [-0.15, -0.1) is 0 Å². The number of rotatable bonds is 6. The molecule has 6 aromatic rings. The summed E-state index contributed by atoms with van der Waals surface area (Å²) in [6.07, 6.45) is 10.2. The summed E-state index contributed by atoms with van der Waals surface area (Å²) >= 11 is 0. The summed E-state index contributed by atoms with van der Waals surface area (Å²) in [6, 6.07) is 61.8. The summed E-state index contributed by atoms with van der Waals surface area (Å²) in [5.41, 5.74) is 0. The van der Waals surface area contributed by atoms with Crippen molar-refractivity contribution in [3.63, 3.8) is 0 Å². The first-order chi connectivity index (χ1) is 29.6. The van der Waals surface area contributed by atoms with Gasteiger partial charge in [0.15, 0.2) is 7.05 Å². The maximum Gasteiger partial charge on any atom is 2.00 e. The second-order valence-electron chi connectivity index (χ2n) is 14.7. The number of halogens is 2. The van der Waals surface area contributed by atoms with E-state index in [0.29, 0.717) is 0 Å². The average molecular weight is 1190 g/mol. The van der Waals surface area contributed by atoms with E-state index in [0.717, 1.165) is 68.8 Å². The zero-order valence-electron chi connectivity index (χ0n) is 36.7. The summed E-state index contributed by atoms with van der Waals surface area (Å²) in [6.45, 7) is 8.00. The Balaban J connectivity index is 0.000000292. The predicted octanol–water partition coefficient (Wildman–Crippen LogP) is 2.48. The van der Waals surface area contributed by atoms with Crippen LogP contribution in [0.2, 0.25) is 0 Å². The van der Waals surface area contributed by atoms with E-state index in [-0.39, 0.29) is 93.4 Å². The van der Waals surface area contributed by atoms with Crippen LogP contribution in [0.25, 0.3) is 0 Å². The molecule has 0 radical (unpaired) electrons. The normalized spacial score (nSPS) is 14.7. The van der Waals surface area contributed by atoms with Crippen molar-refractivity contribution in [2.75, 3.05) is 52.9 Å². The van der Waals surface area contributed by atoms with Crippen LogP contribution in [0.1, 0.15) is 51.4 Å². The number of hydrogen-bond donors (Lipinski definition) is 2. The van der Waals surface area contributed by atoms with E-state index in [9.17, 15) is 5.16 Å². The SMILES string of the molecule is C1CCOC1.C1CCOC1.C1CCOC1.C1CCOC1.N=P(c1ccccc1)(c1ccccc1)c1ccccc1.[I-].[I-].[NH2+]=P(c1ccccc1)(c1ccccc1)c1ccccc1.[Sr+2]. The Kier molecular flexibility index (Phi) is 31.9. The summed E-state index contributed by atoms with van der Waals surface area (Å²) in [5.74, 6) is 0. The van der Waals surface area contributed by atoms with E-state index in [1.54, 1.807) is 0 Å². The molecule has 4 aliphatic rings. The first-order valence-electron chi connectivity index (χ1n) is 21.6. The molecule has 6 nitrogen and oxygen atoms in total. The maximum absolute atomic E-state index is 9.25. The summed E-state index contributed by atoms with van der Waals surface area (Å²) in [5, 5.41) is 23.1. The van der Waals surface area contributed by atoms with Gasteiger partial charge in [-0.05, 0) is 104 Å². The monoisotopic (exact) mass is 1190 g/mol. The van der Waals surface area contributed by atoms with Gasteiger partial charge in [0.25, 0.3) is 0 Å². The summed E-state index contributed by atoms with van der Waals surface area (Å²) in [4.78, 5) is 0. The van der Waals surface area contributed by atoms with Crippen molar-refractivity contribution in [3.8, 4) is 0 Å². The Hall–Kier alpha value is -1.44. The zero-order chi connectivity index (χ0) is 41.8. The molecule has 4 aliphatic heterocycles. The van der Waals surface area contributed by atoms with Crippen molar-refractivity contribution >= 4 is 91.4 Å². The molecule has 332 valence electrons. The van der Waals surface area contributed by atoms with Gasteiger partial charge in [-0.2, -0.15) is 0 Å². The Morgan fingerprint density at radius 2 is 0.460 bits per heavy atom. The van der Waals surface area contributed by atoms with Crippen molar-refractivity contribution in [1.82, 2.24) is 0 Å². The molecule has 11 heteroatoms. The predicted molar refractivity (Wildman–Crippen MR) is 261 cm³/mol. The molecule has 0 spiro atoms. The Bertz CT molecular complexity index is 1670. The summed E-state index contributed by atoms with van der Waals surface area (Å²) in [7, 11) is -4.30. The molecule has 3 N–H and O–H groups in total. The molecule has 0 saturated carbocycles. The molecule has 0 aromatic heterocycles. The van der Waals surface area contributed by atoms with Crippen LogP contribution in [0, 0.1) is 5.16 Å². The largest absolute Gasteiger partial charge is 2.00 e. The molecular weight excluding hydrogens is 1120 g/mol. The number of nitrogens with two attached hydrogens (primary N) is 1. The van der Waals surface area contributed by atoms with Gasteiger partial charge in [-0.3, -0.25) is 5.16 Å². The Labute approximate surface area is 449 Å². The number of nitrogens with one attached hydrogen (secondary N) is 1. The van der Waals surface area contributed by atoms with Crippen molar-refractivity contribution in [1.29, 1.82) is 5.16 Å². The van der Waals surface area contributed by atoms with Crippen molar-refractivity contribution in [2.45, 2.75) is 51.4 Å². The van der Waals surface area contributed by atoms with Gasteiger partial charge >= 0.3 is 45.5 Å². The molecule has 0 unspecified atom stereocenters. The van der Waals surface area contributed by atoms with Crippen molar-refractivity contribution in [2.24, 2.45) is 0 Å². The number of benzene rings is 6. The quantitative estimate of drug-likeness (QED) is 0.153. The molecule has 0 aliphatic carbocycles. The van der Waals surface area contributed by atoms with E-state index >= 15 is 0 Å². The third kappa shape index (κ3) is 19.7. The average Bonchev–Trinajstić information content (AvgIpc) is 4.21. The van der Waals surface area contributed by atoms with Crippen LogP contribution >= 0.6 is 14.1 Å². The van der Waals surface area contributed by atoms with Gasteiger partial charge < -0.3 is 72.1 Å². The van der Waals surface area contributed by atoms with E-state index in [1.807, 2.05) is 72.8 Å². The van der Waals surface area contributed by atoms with Gasteiger partial charge in [0.2, 0.25) is 0 Å². The van der Waals surface area contributed by atoms with E-state index in [1.165, 1.54) is 67.3 Å². The second-order valence-corrected chi connectivity index (χ2v) is 20.6. The molecule has 4 fully saturated rings. The van der Waals surface area contributed by atoms with E-state index in [4.69, 9.17) is 24.1 Å². The van der Waals surface area contributed by atoms with Crippen LogP contribution in [-0.2, 0) is 18.9 Å². The minimum atomic E-state index is -2.28. The Morgan fingerprint density at radius 3 is 0.603 bits per heavy atom. The molecule has 4 heterocycles. The molecule has 6 aromatic carbocycles. The molecule has 0 atom stereocenters. The van der Waals surface area contributed by atoms with Gasteiger partial charge in [-0.1, -0.05) is 146 Å². The van der Waals surface area contributed by atoms with Gasteiger partial charge in [-0.25, -0.2) is 0 Å². The fourth-order valence-electron chi connectivity index (χ4n) is 6.88. The van der Waals surface area contributed by atoms with Crippen LogP contribution < -0.4 is 84.9 Å². The van der Waals surface area contributed by atoms with Crippen LogP contribution in [0.15, 0.2) is 182 Å². The van der Waals surface area contributed by atoms with Gasteiger partial charge in [0, 0.05) is 68.8 Å². The number of hydrogen-bond acceptors (Lipinski definition) is 5. The molecule has 0 amide bonds. The van der Waals surface area contributed by atoms with Crippen LogP contribution in [0.4, 0.5) is 0 Å². The first-order valence-corrected chi connectivity index (χ1v) is 25.2. The fraction of sp³-hybridized carbons (Fsp3) is 0.308. The van der Waals surface area contributed by atoms with E-state index < -0.39 is 14.1 Å². The third-order valence-corrected chi connectivity index (χ3v) is 16.8. The molecule has 10 rings (SSSR count). The molecular formula is C52H65I2N2O4P2Sr+. The minimum Gasteiger partial charge on any atom is -1.00 e. The Morgan fingerprint density at radius 1 is 0.302 bits per heavy atom. The smallest absolute Gasteiger partial charge is 1.00 e. The van der Waals surface area contributed by atoms with Crippen LogP contribution in [0.5, 0.6) is 0 Å². The van der Waals surface area contributed by atoms with Gasteiger partial charge in [0.1, 0.15) is 0 Å². The van der Waals surface area contributed by atoms with Crippen LogP contribution in [-0.4, -0.2) is 98.3 Å². The zero-order valence-corrected chi connectivity index (χ0v) is 46.3. The topological polar surface area (TPSA) is 86.4 Å². The van der Waals surface area contributed by atoms with Crippen LogP contribution in [0.3, 0.4) is 0 Å².